The van der Waals surface area contributed by atoms with Crippen LogP contribution in [0, 0.1) is 0 Å². The van der Waals surface area contributed by atoms with Crippen molar-refractivity contribution >= 4 is 5.91 Å². The van der Waals surface area contributed by atoms with Gasteiger partial charge in [0.15, 0.2) is 0 Å². The van der Waals surface area contributed by atoms with Crippen molar-refractivity contribution in [2.24, 2.45) is 5.73 Å². The summed E-state index contributed by atoms with van der Waals surface area (Å²) in [6.45, 7) is 2.45. The first-order valence-corrected chi connectivity index (χ1v) is 5.57. The lowest BCUT2D eigenvalue weighted by Crippen LogP contribution is -2.32. The molecule has 0 spiro atoms. The zero-order valence-corrected chi connectivity index (χ0v) is 9.81. The van der Waals surface area contributed by atoms with Crippen molar-refractivity contribution in [3.05, 3.63) is 23.8 Å². The van der Waals surface area contributed by atoms with Gasteiger partial charge >= 0.3 is 0 Å². The second-order valence-corrected chi connectivity index (χ2v) is 4.01. The summed E-state index contributed by atoms with van der Waals surface area (Å²) in [6.07, 6.45) is 1.61. The van der Waals surface area contributed by atoms with Crippen molar-refractivity contribution in [2.75, 3.05) is 6.54 Å². The first-order valence-electron chi connectivity index (χ1n) is 5.57. The molecule has 5 N–H and O–H groups in total. The molecule has 0 bridgehead atoms. The number of carbonyl (C=O) groups excluding carboxylic acids is 1. The quantitative estimate of drug-likeness (QED) is 0.574. The molecule has 0 aliphatic carbocycles. The Hall–Kier alpha value is -1.75. The third kappa shape index (κ3) is 3.96. The second-order valence-electron chi connectivity index (χ2n) is 4.01. The lowest BCUT2D eigenvalue weighted by atomic mass is 10.1. The van der Waals surface area contributed by atoms with Crippen molar-refractivity contribution in [3.63, 3.8) is 0 Å². The van der Waals surface area contributed by atoms with Gasteiger partial charge in [-0.05, 0) is 44.5 Å². The second kappa shape index (κ2) is 6.10. The molecule has 17 heavy (non-hydrogen) atoms. The molecule has 1 atom stereocenters. The van der Waals surface area contributed by atoms with Crippen LogP contribution in [-0.4, -0.2) is 28.7 Å². The molecule has 0 aliphatic heterocycles. The molecular weight excluding hydrogens is 220 g/mol. The predicted molar refractivity (Wildman–Crippen MR) is 65.0 cm³/mol. The molecule has 0 fully saturated rings. The minimum Gasteiger partial charge on any atom is -0.508 e. The zero-order valence-electron chi connectivity index (χ0n) is 9.81. The minimum atomic E-state index is -0.400. The van der Waals surface area contributed by atoms with E-state index in [2.05, 4.69) is 5.32 Å². The molecular formula is C12H18N2O3. The Morgan fingerprint density at radius 1 is 1.47 bits per heavy atom. The monoisotopic (exact) mass is 238 g/mol. The lowest BCUT2D eigenvalue weighted by molar-refractivity contribution is 0.0935. The topological polar surface area (TPSA) is 95.6 Å². The van der Waals surface area contributed by atoms with E-state index < -0.39 is 5.91 Å². The van der Waals surface area contributed by atoms with Gasteiger partial charge in [-0.2, -0.15) is 0 Å². The normalized spacial score (nSPS) is 12.1. The highest BCUT2D eigenvalue weighted by Gasteiger charge is 2.14. The number of amides is 1. The van der Waals surface area contributed by atoms with Crippen LogP contribution in [0.1, 0.15) is 30.1 Å². The Bertz CT molecular complexity index is 393. The van der Waals surface area contributed by atoms with Crippen LogP contribution in [0.2, 0.25) is 0 Å². The largest absolute Gasteiger partial charge is 0.508 e. The van der Waals surface area contributed by atoms with Crippen molar-refractivity contribution in [3.8, 4) is 11.5 Å². The highest BCUT2D eigenvalue weighted by atomic mass is 16.3. The molecule has 1 amide bonds. The average Bonchev–Trinajstić information content (AvgIpc) is 2.29. The summed E-state index contributed by atoms with van der Waals surface area (Å²) in [5.74, 6) is -0.600. The summed E-state index contributed by atoms with van der Waals surface area (Å²) < 4.78 is 0. The minimum absolute atomic E-state index is 0.0206. The number of aromatic hydroxyl groups is 2. The van der Waals surface area contributed by atoms with Crippen LogP contribution >= 0.6 is 0 Å². The summed E-state index contributed by atoms with van der Waals surface area (Å²) in [4.78, 5) is 11.8. The Morgan fingerprint density at radius 3 is 2.82 bits per heavy atom. The highest BCUT2D eigenvalue weighted by Crippen LogP contribution is 2.21. The molecule has 1 aromatic rings. The summed E-state index contributed by atoms with van der Waals surface area (Å²) in [5, 5.41) is 21.5. The van der Waals surface area contributed by atoms with Crippen LogP contribution in [-0.2, 0) is 0 Å². The molecule has 5 nitrogen and oxygen atoms in total. The average molecular weight is 238 g/mol. The van der Waals surface area contributed by atoms with Gasteiger partial charge in [0.25, 0.3) is 5.91 Å². The Kier molecular flexibility index (Phi) is 4.78. The van der Waals surface area contributed by atoms with Gasteiger partial charge in [0.2, 0.25) is 0 Å². The Labute approximate surface area is 100 Å². The highest BCUT2D eigenvalue weighted by molar-refractivity contribution is 5.97. The number of hydrogen-bond acceptors (Lipinski definition) is 4. The number of carbonyl (C=O) groups is 1. The van der Waals surface area contributed by atoms with Gasteiger partial charge in [0.05, 0.1) is 5.56 Å². The standard InChI is InChI=1S/C12H18N2O3/c1-8(3-2-6-13)14-12(17)10-7-9(15)4-5-11(10)16/h4-5,7-8,15-16H,2-3,6,13H2,1H3,(H,14,17). The maximum atomic E-state index is 11.8. The Balaban J connectivity index is 2.66. The first-order chi connectivity index (χ1) is 8.04. The van der Waals surface area contributed by atoms with Crippen molar-refractivity contribution in [1.29, 1.82) is 0 Å². The molecule has 94 valence electrons. The lowest BCUT2D eigenvalue weighted by Gasteiger charge is -2.14. The third-order valence-corrected chi connectivity index (χ3v) is 2.44. The number of nitrogens with one attached hydrogen (secondary N) is 1. The van der Waals surface area contributed by atoms with Crippen LogP contribution in [0.4, 0.5) is 0 Å². The van der Waals surface area contributed by atoms with Crippen LogP contribution in [0.3, 0.4) is 0 Å². The van der Waals surface area contributed by atoms with Crippen LogP contribution < -0.4 is 11.1 Å². The number of hydrogen-bond donors (Lipinski definition) is 4. The summed E-state index contributed by atoms with van der Waals surface area (Å²) >= 11 is 0. The van der Waals surface area contributed by atoms with Crippen LogP contribution in [0.5, 0.6) is 11.5 Å². The molecule has 5 heteroatoms. The van der Waals surface area contributed by atoms with Crippen molar-refractivity contribution in [2.45, 2.75) is 25.8 Å². The molecule has 0 aliphatic rings. The van der Waals surface area contributed by atoms with E-state index in [1.54, 1.807) is 0 Å². The molecule has 0 heterocycles. The molecule has 0 saturated carbocycles. The van der Waals surface area contributed by atoms with Gasteiger partial charge < -0.3 is 21.3 Å². The van der Waals surface area contributed by atoms with E-state index in [0.29, 0.717) is 6.54 Å². The van der Waals surface area contributed by atoms with E-state index in [1.165, 1.54) is 18.2 Å². The summed E-state index contributed by atoms with van der Waals surface area (Å²) in [6, 6.07) is 3.83. The van der Waals surface area contributed by atoms with E-state index in [0.717, 1.165) is 12.8 Å². The van der Waals surface area contributed by atoms with E-state index in [4.69, 9.17) is 5.73 Å². The fourth-order valence-corrected chi connectivity index (χ4v) is 1.50. The first kappa shape index (κ1) is 13.3. The van der Waals surface area contributed by atoms with Gasteiger partial charge in [-0.25, -0.2) is 0 Å². The van der Waals surface area contributed by atoms with E-state index in [-0.39, 0.29) is 23.1 Å². The van der Waals surface area contributed by atoms with Crippen molar-refractivity contribution in [1.82, 2.24) is 5.32 Å². The molecule has 1 aromatic carbocycles. The number of rotatable bonds is 5. The molecule has 0 aromatic heterocycles. The summed E-state index contributed by atoms with van der Waals surface area (Å²) in [5.41, 5.74) is 5.45. The molecule has 1 unspecified atom stereocenters. The van der Waals surface area contributed by atoms with E-state index in [1.807, 2.05) is 6.92 Å². The zero-order chi connectivity index (χ0) is 12.8. The van der Waals surface area contributed by atoms with Gasteiger partial charge in [-0.3, -0.25) is 4.79 Å². The number of benzene rings is 1. The van der Waals surface area contributed by atoms with Gasteiger partial charge in [0.1, 0.15) is 11.5 Å². The maximum Gasteiger partial charge on any atom is 0.255 e. The van der Waals surface area contributed by atoms with Gasteiger partial charge in [0, 0.05) is 6.04 Å². The fourth-order valence-electron chi connectivity index (χ4n) is 1.50. The predicted octanol–water partition coefficient (Wildman–Crippen LogP) is 0.955. The van der Waals surface area contributed by atoms with Crippen LogP contribution in [0.15, 0.2) is 18.2 Å². The fraction of sp³-hybridized carbons (Fsp3) is 0.417. The molecule has 0 radical (unpaired) electrons. The van der Waals surface area contributed by atoms with E-state index in [9.17, 15) is 15.0 Å². The SMILES string of the molecule is CC(CCCN)NC(=O)c1cc(O)ccc1O. The maximum absolute atomic E-state index is 11.8. The smallest absolute Gasteiger partial charge is 0.255 e. The van der Waals surface area contributed by atoms with Gasteiger partial charge in [-0.15, -0.1) is 0 Å². The Morgan fingerprint density at radius 2 is 2.18 bits per heavy atom. The van der Waals surface area contributed by atoms with E-state index >= 15 is 0 Å². The number of phenolic OH excluding ortho intramolecular Hbond substituents is 2. The van der Waals surface area contributed by atoms with Gasteiger partial charge in [-0.1, -0.05) is 0 Å². The molecule has 0 saturated heterocycles. The third-order valence-electron chi connectivity index (χ3n) is 2.44. The molecule has 1 rings (SSSR count). The van der Waals surface area contributed by atoms with Crippen molar-refractivity contribution < 1.29 is 15.0 Å². The number of nitrogens with two attached hydrogens (primary N) is 1. The number of phenols is 2. The van der Waals surface area contributed by atoms with Crippen LogP contribution in [0.25, 0.3) is 0 Å². The summed E-state index contributed by atoms with van der Waals surface area (Å²) in [7, 11) is 0.